The molecule has 1 saturated heterocycles. The van der Waals surface area contributed by atoms with Crippen LogP contribution in [0.4, 0.5) is 0 Å². The Bertz CT molecular complexity index is 590. The van der Waals surface area contributed by atoms with Crippen molar-refractivity contribution in [2.24, 2.45) is 0 Å². The van der Waals surface area contributed by atoms with E-state index in [0.29, 0.717) is 12.6 Å². The second-order valence-corrected chi connectivity index (χ2v) is 6.33. The average molecular weight is 311 g/mol. The molecule has 3 rings (SSSR count). The number of rotatable bonds is 5. The summed E-state index contributed by atoms with van der Waals surface area (Å²) in [5.74, 6) is 0. The van der Waals surface area contributed by atoms with Crippen LogP contribution in [0.3, 0.4) is 0 Å². The van der Waals surface area contributed by atoms with Crippen LogP contribution in [0.15, 0.2) is 54.7 Å². The Kier molecular flexibility index (Phi) is 5.39. The maximum atomic E-state index is 10.4. The second-order valence-electron chi connectivity index (χ2n) is 6.33. The van der Waals surface area contributed by atoms with Crippen LogP contribution in [-0.2, 0) is 6.54 Å². The van der Waals surface area contributed by atoms with E-state index in [4.69, 9.17) is 0 Å². The zero-order valence-electron chi connectivity index (χ0n) is 13.7. The maximum Gasteiger partial charge on any atom is 0.0917 e. The third-order valence-electron chi connectivity index (χ3n) is 4.55. The smallest absolute Gasteiger partial charge is 0.0917 e. The van der Waals surface area contributed by atoms with Gasteiger partial charge in [0.2, 0.25) is 0 Å². The molecule has 4 nitrogen and oxygen atoms in total. The molecule has 1 aromatic heterocycles. The third-order valence-corrected chi connectivity index (χ3v) is 4.55. The number of pyridine rings is 1. The van der Waals surface area contributed by atoms with E-state index >= 15 is 0 Å². The Morgan fingerprint density at radius 2 is 1.91 bits per heavy atom. The van der Waals surface area contributed by atoms with Gasteiger partial charge in [-0.3, -0.25) is 14.8 Å². The van der Waals surface area contributed by atoms with E-state index in [2.05, 4.69) is 27.8 Å². The quantitative estimate of drug-likeness (QED) is 0.920. The van der Waals surface area contributed by atoms with Gasteiger partial charge in [-0.15, -0.1) is 0 Å². The molecule has 0 radical (unpaired) electrons. The van der Waals surface area contributed by atoms with Crippen molar-refractivity contribution in [3.05, 3.63) is 66.0 Å². The normalized spacial score (nSPS) is 21.2. The van der Waals surface area contributed by atoms with Crippen molar-refractivity contribution in [1.82, 2.24) is 14.8 Å². The summed E-state index contributed by atoms with van der Waals surface area (Å²) in [4.78, 5) is 9.23. The van der Waals surface area contributed by atoms with Crippen LogP contribution < -0.4 is 0 Å². The number of benzene rings is 1. The summed E-state index contributed by atoms with van der Waals surface area (Å²) < 4.78 is 0. The molecular formula is C19H25N3O. The van der Waals surface area contributed by atoms with Gasteiger partial charge in [-0.05, 0) is 24.6 Å². The Morgan fingerprint density at radius 3 is 2.61 bits per heavy atom. The third kappa shape index (κ3) is 4.38. The SMILES string of the molecule is C[C@H]1CN(Cc2ccccn2)CCN1C[C@@H](O)c1ccccc1. The van der Waals surface area contributed by atoms with Gasteiger partial charge >= 0.3 is 0 Å². The summed E-state index contributed by atoms with van der Waals surface area (Å²) in [6.45, 7) is 6.85. The second kappa shape index (κ2) is 7.68. The van der Waals surface area contributed by atoms with Gasteiger partial charge in [-0.25, -0.2) is 0 Å². The average Bonchev–Trinajstić information content (AvgIpc) is 2.59. The molecule has 0 aliphatic carbocycles. The number of nitrogens with zero attached hydrogens (tertiary/aromatic N) is 3. The summed E-state index contributed by atoms with van der Waals surface area (Å²) >= 11 is 0. The van der Waals surface area contributed by atoms with Gasteiger partial charge in [-0.2, -0.15) is 0 Å². The highest BCUT2D eigenvalue weighted by Crippen LogP contribution is 2.18. The first-order valence-electron chi connectivity index (χ1n) is 8.31. The van der Waals surface area contributed by atoms with Crippen LogP contribution in [0.2, 0.25) is 0 Å². The largest absolute Gasteiger partial charge is 0.387 e. The van der Waals surface area contributed by atoms with Crippen molar-refractivity contribution in [1.29, 1.82) is 0 Å². The van der Waals surface area contributed by atoms with Crippen molar-refractivity contribution < 1.29 is 5.11 Å². The molecule has 0 bridgehead atoms. The van der Waals surface area contributed by atoms with Crippen molar-refractivity contribution >= 4 is 0 Å². The first-order chi connectivity index (χ1) is 11.2. The van der Waals surface area contributed by atoms with Crippen molar-refractivity contribution in [2.75, 3.05) is 26.2 Å². The number of β-amino-alcohol motifs (C(OH)–C–C–N with tert-alkyl or cyclic N) is 1. The van der Waals surface area contributed by atoms with E-state index in [9.17, 15) is 5.11 Å². The molecular weight excluding hydrogens is 286 g/mol. The molecule has 1 fully saturated rings. The van der Waals surface area contributed by atoms with Crippen molar-refractivity contribution in [3.63, 3.8) is 0 Å². The number of hydrogen-bond donors (Lipinski definition) is 1. The van der Waals surface area contributed by atoms with Gasteiger partial charge in [0.1, 0.15) is 0 Å². The molecule has 0 amide bonds. The van der Waals surface area contributed by atoms with Crippen LogP contribution in [-0.4, -0.2) is 52.1 Å². The van der Waals surface area contributed by atoms with Gasteiger partial charge in [0.25, 0.3) is 0 Å². The lowest BCUT2D eigenvalue weighted by atomic mass is 10.1. The minimum absolute atomic E-state index is 0.416. The van der Waals surface area contributed by atoms with Crippen LogP contribution in [0.25, 0.3) is 0 Å². The Labute approximate surface area is 138 Å². The van der Waals surface area contributed by atoms with E-state index < -0.39 is 6.10 Å². The highest BCUT2D eigenvalue weighted by molar-refractivity contribution is 5.17. The van der Waals surface area contributed by atoms with E-state index in [1.807, 2.05) is 48.7 Å². The van der Waals surface area contributed by atoms with Gasteiger partial charge in [0, 0.05) is 45.0 Å². The van der Waals surface area contributed by atoms with E-state index in [0.717, 1.165) is 37.4 Å². The number of aromatic nitrogens is 1. The zero-order valence-corrected chi connectivity index (χ0v) is 13.7. The molecule has 2 atom stereocenters. The van der Waals surface area contributed by atoms with E-state index in [1.165, 1.54) is 0 Å². The Balaban J connectivity index is 1.52. The fourth-order valence-corrected chi connectivity index (χ4v) is 3.21. The molecule has 1 aliphatic rings. The fraction of sp³-hybridized carbons (Fsp3) is 0.421. The predicted octanol–water partition coefficient (Wildman–Crippen LogP) is 2.32. The highest BCUT2D eigenvalue weighted by atomic mass is 16.3. The standard InChI is InChI=1S/C19H25N3O/c1-16-13-21(14-18-9-5-6-10-20-18)11-12-22(16)15-19(23)17-7-3-2-4-8-17/h2-10,16,19,23H,11-15H2,1H3/t16-,19+/m0/s1. The molecule has 0 spiro atoms. The Morgan fingerprint density at radius 1 is 1.13 bits per heavy atom. The van der Waals surface area contributed by atoms with Gasteiger partial charge in [0.05, 0.1) is 11.8 Å². The van der Waals surface area contributed by atoms with Crippen molar-refractivity contribution in [3.8, 4) is 0 Å². The lowest BCUT2D eigenvalue weighted by Gasteiger charge is -2.40. The molecule has 2 heterocycles. The predicted molar refractivity (Wildman–Crippen MR) is 92.0 cm³/mol. The number of aliphatic hydroxyl groups excluding tert-OH is 1. The minimum Gasteiger partial charge on any atom is -0.387 e. The topological polar surface area (TPSA) is 39.6 Å². The van der Waals surface area contributed by atoms with E-state index in [1.54, 1.807) is 0 Å². The number of hydrogen-bond acceptors (Lipinski definition) is 4. The lowest BCUT2D eigenvalue weighted by molar-refractivity contribution is 0.0358. The molecule has 122 valence electrons. The molecule has 2 aromatic rings. The minimum atomic E-state index is -0.416. The fourth-order valence-electron chi connectivity index (χ4n) is 3.21. The van der Waals surface area contributed by atoms with Crippen LogP contribution in [0.1, 0.15) is 24.3 Å². The summed E-state index contributed by atoms with van der Waals surface area (Å²) in [6.07, 6.45) is 1.44. The van der Waals surface area contributed by atoms with Gasteiger partial charge < -0.3 is 5.11 Å². The maximum absolute atomic E-state index is 10.4. The zero-order chi connectivity index (χ0) is 16.1. The van der Waals surface area contributed by atoms with Crippen LogP contribution in [0, 0.1) is 0 Å². The highest BCUT2D eigenvalue weighted by Gasteiger charge is 2.25. The molecule has 23 heavy (non-hydrogen) atoms. The summed E-state index contributed by atoms with van der Waals surface area (Å²) in [5, 5.41) is 10.4. The first-order valence-corrected chi connectivity index (χ1v) is 8.31. The van der Waals surface area contributed by atoms with Gasteiger partial charge in [-0.1, -0.05) is 36.4 Å². The first kappa shape index (κ1) is 16.1. The monoisotopic (exact) mass is 311 g/mol. The summed E-state index contributed by atoms with van der Waals surface area (Å²) in [5.41, 5.74) is 2.12. The Hall–Kier alpha value is -1.75. The van der Waals surface area contributed by atoms with Crippen LogP contribution in [0.5, 0.6) is 0 Å². The molecule has 0 unspecified atom stereocenters. The number of aliphatic hydroxyl groups is 1. The summed E-state index contributed by atoms with van der Waals surface area (Å²) in [7, 11) is 0. The van der Waals surface area contributed by atoms with Gasteiger partial charge in [0.15, 0.2) is 0 Å². The molecule has 1 aromatic carbocycles. The summed E-state index contributed by atoms with van der Waals surface area (Å²) in [6, 6.07) is 16.4. The molecule has 0 saturated carbocycles. The van der Waals surface area contributed by atoms with Crippen molar-refractivity contribution in [2.45, 2.75) is 25.6 Å². The molecule has 1 aliphatic heterocycles. The van der Waals surface area contributed by atoms with Crippen LogP contribution >= 0.6 is 0 Å². The lowest BCUT2D eigenvalue weighted by Crippen LogP contribution is -2.52. The number of piperazine rings is 1. The van der Waals surface area contributed by atoms with E-state index in [-0.39, 0.29) is 0 Å². The molecule has 4 heteroatoms. The molecule has 1 N–H and O–H groups in total.